The van der Waals surface area contributed by atoms with Crippen LogP contribution in [0.5, 0.6) is 0 Å². The molecule has 0 radical (unpaired) electrons. The number of anilines is 1. The number of nitrogens with zero attached hydrogens (tertiary/aromatic N) is 1. The minimum absolute atomic E-state index is 0.202. The fourth-order valence-corrected chi connectivity index (χ4v) is 3.61. The molecule has 2 rings (SSSR count). The molecule has 1 aromatic rings. The summed E-state index contributed by atoms with van der Waals surface area (Å²) in [6.45, 7) is 1.62. The molecule has 1 aromatic carbocycles. The minimum atomic E-state index is -2.85. The predicted octanol–water partition coefficient (Wildman–Crippen LogP) is 1.08. The molecular formula is C12H17ClN2O2S. The van der Waals surface area contributed by atoms with Crippen LogP contribution in [0.25, 0.3) is 0 Å². The standard InChI is InChI=1S/C12H17ClN2O2S/c13-11-9-10(3-4-14)1-2-12(11)15-5-7-18(16,17)8-6-15/h1-2,9H,3-8,14H2. The second-order valence-electron chi connectivity index (χ2n) is 4.46. The van der Waals surface area contributed by atoms with E-state index < -0.39 is 9.84 Å². The van der Waals surface area contributed by atoms with E-state index in [1.54, 1.807) is 0 Å². The molecule has 2 N–H and O–H groups in total. The Labute approximate surface area is 113 Å². The lowest BCUT2D eigenvalue weighted by Crippen LogP contribution is -2.40. The molecule has 0 unspecified atom stereocenters. The topological polar surface area (TPSA) is 63.4 Å². The summed E-state index contributed by atoms with van der Waals surface area (Å²) in [5.74, 6) is 0.405. The fraction of sp³-hybridized carbons (Fsp3) is 0.500. The van der Waals surface area contributed by atoms with Crippen LogP contribution in [-0.2, 0) is 16.3 Å². The second kappa shape index (κ2) is 5.47. The largest absolute Gasteiger partial charge is 0.368 e. The molecule has 0 aromatic heterocycles. The van der Waals surface area contributed by atoms with E-state index in [-0.39, 0.29) is 11.5 Å². The summed E-state index contributed by atoms with van der Waals surface area (Å²) in [5, 5.41) is 0.667. The summed E-state index contributed by atoms with van der Waals surface area (Å²) in [6.07, 6.45) is 0.800. The monoisotopic (exact) mass is 288 g/mol. The number of nitrogens with two attached hydrogens (primary N) is 1. The second-order valence-corrected chi connectivity index (χ2v) is 7.17. The van der Waals surface area contributed by atoms with Gasteiger partial charge in [-0.25, -0.2) is 8.42 Å². The Morgan fingerprint density at radius 1 is 1.28 bits per heavy atom. The number of sulfone groups is 1. The molecule has 0 spiro atoms. The van der Waals surface area contributed by atoms with Gasteiger partial charge in [0, 0.05) is 13.1 Å². The van der Waals surface area contributed by atoms with Crippen molar-refractivity contribution in [1.29, 1.82) is 0 Å². The third kappa shape index (κ3) is 3.16. The summed E-state index contributed by atoms with van der Waals surface area (Å²) in [5.41, 5.74) is 7.52. The number of rotatable bonds is 3. The van der Waals surface area contributed by atoms with Gasteiger partial charge in [-0.1, -0.05) is 17.7 Å². The van der Waals surface area contributed by atoms with E-state index in [0.29, 0.717) is 24.7 Å². The highest BCUT2D eigenvalue weighted by Crippen LogP contribution is 2.28. The summed E-state index contributed by atoms with van der Waals surface area (Å²) in [6, 6.07) is 5.86. The van der Waals surface area contributed by atoms with E-state index in [4.69, 9.17) is 17.3 Å². The highest BCUT2D eigenvalue weighted by atomic mass is 35.5. The maximum atomic E-state index is 11.4. The first-order chi connectivity index (χ1) is 8.52. The normalized spacial score (nSPS) is 18.9. The summed E-state index contributed by atoms with van der Waals surface area (Å²) in [4.78, 5) is 2.02. The van der Waals surface area contributed by atoms with Gasteiger partial charge in [0.15, 0.2) is 9.84 Å². The lowest BCUT2D eigenvalue weighted by atomic mass is 10.1. The maximum absolute atomic E-state index is 11.4. The first kappa shape index (κ1) is 13.6. The van der Waals surface area contributed by atoms with E-state index >= 15 is 0 Å². The highest BCUT2D eigenvalue weighted by molar-refractivity contribution is 7.91. The molecule has 100 valence electrons. The van der Waals surface area contributed by atoms with Crippen molar-refractivity contribution >= 4 is 27.1 Å². The molecule has 0 atom stereocenters. The fourth-order valence-electron chi connectivity index (χ4n) is 2.08. The Hall–Kier alpha value is -0.780. The summed E-state index contributed by atoms with van der Waals surface area (Å²) < 4.78 is 22.8. The molecule has 0 aliphatic carbocycles. The van der Waals surface area contributed by atoms with Crippen molar-refractivity contribution in [3.63, 3.8) is 0 Å². The quantitative estimate of drug-likeness (QED) is 0.904. The van der Waals surface area contributed by atoms with Crippen LogP contribution in [0.1, 0.15) is 5.56 Å². The molecule has 0 amide bonds. The lowest BCUT2D eigenvalue weighted by Gasteiger charge is -2.29. The van der Waals surface area contributed by atoms with Gasteiger partial charge in [0.25, 0.3) is 0 Å². The van der Waals surface area contributed by atoms with Crippen LogP contribution < -0.4 is 10.6 Å². The van der Waals surface area contributed by atoms with Crippen LogP contribution >= 0.6 is 11.6 Å². The van der Waals surface area contributed by atoms with Crippen molar-refractivity contribution in [1.82, 2.24) is 0 Å². The van der Waals surface area contributed by atoms with Gasteiger partial charge in [-0.15, -0.1) is 0 Å². The van der Waals surface area contributed by atoms with Gasteiger partial charge in [-0.3, -0.25) is 0 Å². The molecule has 1 aliphatic rings. The molecule has 1 heterocycles. The Morgan fingerprint density at radius 3 is 2.50 bits per heavy atom. The lowest BCUT2D eigenvalue weighted by molar-refractivity contribution is 0.587. The van der Waals surface area contributed by atoms with Crippen LogP contribution in [-0.4, -0.2) is 39.6 Å². The van der Waals surface area contributed by atoms with E-state index in [9.17, 15) is 8.42 Å². The van der Waals surface area contributed by atoms with Crippen molar-refractivity contribution in [2.45, 2.75) is 6.42 Å². The van der Waals surface area contributed by atoms with E-state index in [1.165, 1.54) is 0 Å². The molecule has 18 heavy (non-hydrogen) atoms. The Balaban J connectivity index is 2.14. The highest BCUT2D eigenvalue weighted by Gasteiger charge is 2.22. The van der Waals surface area contributed by atoms with Gasteiger partial charge in [0.1, 0.15) is 0 Å². The van der Waals surface area contributed by atoms with Gasteiger partial charge in [0.05, 0.1) is 22.2 Å². The third-order valence-electron chi connectivity index (χ3n) is 3.13. The average molecular weight is 289 g/mol. The van der Waals surface area contributed by atoms with Gasteiger partial charge in [-0.05, 0) is 30.7 Å². The number of benzene rings is 1. The van der Waals surface area contributed by atoms with Crippen molar-refractivity contribution < 1.29 is 8.42 Å². The zero-order chi connectivity index (χ0) is 13.2. The van der Waals surface area contributed by atoms with Crippen LogP contribution in [0.3, 0.4) is 0 Å². The van der Waals surface area contributed by atoms with Crippen molar-refractivity contribution in [2.24, 2.45) is 5.73 Å². The number of hydrogen-bond donors (Lipinski definition) is 1. The Kier molecular flexibility index (Phi) is 4.14. The van der Waals surface area contributed by atoms with E-state index in [1.807, 2.05) is 23.1 Å². The van der Waals surface area contributed by atoms with Crippen LogP contribution in [0.2, 0.25) is 5.02 Å². The predicted molar refractivity (Wildman–Crippen MR) is 75.1 cm³/mol. The maximum Gasteiger partial charge on any atom is 0.153 e. The van der Waals surface area contributed by atoms with E-state index in [2.05, 4.69) is 0 Å². The molecule has 1 fully saturated rings. The average Bonchev–Trinajstić information content (AvgIpc) is 2.31. The Morgan fingerprint density at radius 2 is 1.94 bits per heavy atom. The third-order valence-corrected chi connectivity index (χ3v) is 5.04. The van der Waals surface area contributed by atoms with Crippen molar-refractivity contribution in [3.05, 3.63) is 28.8 Å². The minimum Gasteiger partial charge on any atom is -0.368 e. The van der Waals surface area contributed by atoms with Gasteiger partial charge in [-0.2, -0.15) is 0 Å². The first-order valence-electron chi connectivity index (χ1n) is 5.96. The molecule has 0 saturated carbocycles. The van der Waals surface area contributed by atoms with Crippen LogP contribution in [0, 0.1) is 0 Å². The van der Waals surface area contributed by atoms with Crippen LogP contribution in [0.15, 0.2) is 18.2 Å². The zero-order valence-corrected chi connectivity index (χ0v) is 11.7. The zero-order valence-electron chi connectivity index (χ0n) is 10.1. The molecular weight excluding hydrogens is 272 g/mol. The molecule has 4 nitrogen and oxygen atoms in total. The SMILES string of the molecule is NCCc1ccc(N2CCS(=O)(=O)CC2)c(Cl)c1. The first-order valence-corrected chi connectivity index (χ1v) is 8.15. The van der Waals surface area contributed by atoms with Crippen molar-refractivity contribution in [2.75, 3.05) is 36.0 Å². The summed E-state index contributed by atoms with van der Waals surface area (Å²) >= 11 is 6.24. The van der Waals surface area contributed by atoms with E-state index in [0.717, 1.165) is 17.7 Å². The number of halogens is 1. The number of hydrogen-bond acceptors (Lipinski definition) is 4. The summed E-state index contributed by atoms with van der Waals surface area (Å²) in [7, 11) is -2.85. The van der Waals surface area contributed by atoms with Gasteiger partial charge >= 0.3 is 0 Å². The van der Waals surface area contributed by atoms with Crippen LogP contribution in [0.4, 0.5) is 5.69 Å². The Bertz CT molecular complexity index is 517. The smallest absolute Gasteiger partial charge is 0.153 e. The molecule has 1 aliphatic heterocycles. The van der Waals surface area contributed by atoms with Gasteiger partial charge in [0.2, 0.25) is 0 Å². The molecule has 0 bridgehead atoms. The van der Waals surface area contributed by atoms with Crippen molar-refractivity contribution in [3.8, 4) is 0 Å². The molecule has 1 saturated heterocycles. The van der Waals surface area contributed by atoms with Gasteiger partial charge < -0.3 is 10.6 Å². The molecule has 6 heteroatoms.